The first kappa shape index (κ1) is 14.8. The molecule has 4 nitrogen and oxygen atoms in total. The number of imidazole rings is 1. The third-order valence-electron chi connectivity index (χ3n) is 3.57. The number of aliphatic hydroxyl groups excluding tert-OH is 1. The Kier molecular flexibility index (Phi) is 5.32. The largest absolute Gasteiger partial charge is 0.396 e. The van der Waals surface area contributed by atoms with Crippen molar-refractivity contribution in [2.75, 3.05) is 6.61 Å². The second-order valence-corrected chi connectivity index (χ2v) is 4.97. The van der Waals surface area contributed by atoms with Crippen molar-refractivity contribution in [1.29, 1.82) is 0 Å². The molecule has 0 aliphatic heterocycles. The molecule has 0 aliphatic rings. The zero-order chi connectivity index (χ0) is 14.4. The fraction of sp³-hybridized carbons (Fsp3) is 0.438. The van der Waals surface area contributed by atoms with Gasteiger partial charge in [-0.15, -0.1) is 0 Å². The van der Waals surface area contributed by atoms with Gasteiger partial charge in [-0.3, -0.25) is 4.57 Å². The Morgan fingerprint density at radius 3 is 2.70 bits per heavy atom. The van der Waals surface area contributed by atoms with E-state index in [4.69, 9.17) is 5.11 Å². The van der Waals surface area contributed by atoms with Gasteiger partial charge in [-0.25, -0.2) is 4.98 Å². The molecule has 1 aromatic heterocycles. The lowest BCUT2D eigenvalue weighted by molar-refractivity contribution is 0.261. The van der Waals surface area contributed by atoms with Crippen LogP contribution >= 0.6 is 0 Å². The highest BCUT2D eigenvalue weighted by Gasteiger charge is 2.10. The fourth-order valence-corrected chi connectivity index (χ4v) is 2.40. The Morgan fingerprint density at radius 1 is 1.30 bits per heavy atom. The molecule has 1 atom stereocenters. The summed E-state index contributed by atoms with van der Waals surface area (Å²) in [6.07, 6.45) is 3.72. The molecule has 1 heterocycles. The van der Waals surface area contributed by atoms with Crippen LogP contribution < -0.4 is 5.32 Å². The molecule has 0 saturated heterocycles. The first-order valence-electron chi connectivity index (χ1n) is 7.19. The molecular weight excluding hydrogens is 250 g/mol. The maximum absolute atomic E-state index is 9.04. The molecule has 1 aromatic carbocycles. The number of hydrogen-bond acceptors (Lipinski definition) is 3. The summed E-state index contributed by atoms with van der Waals surface area (Å²) in [5.74, 6) is 0.989. The van der Waals surface area contributed by atoms with E-state index in [2.05, 4.69) is 33.9 Å². The van der Waals surface area contributed by atoms with Crippen LogP contribution in [0.4, 0.5) is 0 Å². The highest BCUT2D eigenvalue weighted by Crippen LogP contribution is 2.14. The van der Waals surface area contributed by atoms with E-state index in [-0.39, 0.29) is 6.61 Å². The molecule has 2 rings (SSSR count). The molecule has 2 N–H and O–H groups in total. The molecule has 0 amide bonds. The number of nitrogens with one attached hydrogen (secondary N) is 1. The minimum atomic E-state index is 0.225. The van der Waals surface area contributed by atoms with E-state index in [9.17, 15) is 0 Å². The second kappa shape index (κ2) is 7.22. The second-order valence-electron chi connectivity index (χ2n) is 4.97. The molecule has 0 spiro atoms. The van der Waals surface area contributed by atoms with Crippen molar-refractivity contribution in [3.63, 3.8) is 0 Å². The van der Waals surface area contributed by atoms with E-state index in [1.165, 1.54) is 0 Å². The van der Waals surface area contributed by atoms with Gasteiger partial charge in [-0.1, -0.05) is 25.1 Å². The van der Waals surface area contributed by atoms with E-state index in [1.807, 2.05) is 31.3 Å². The normalized spacial score (nSPS) is 12.6. The average Bonchev–Trinajstić information content (AvgIpc) is 2.85. The van der Waals surface area contributed by atoms with Crippen LogP contribution in [0.2, 0.25) is 0 Å². The van der Waals surface area contributed by atoms with Crippen LogP contribution in [0.5, 0.6) is 0 Å². The smallest absolute Gasteiger partial charge is 0.110 e. The molecule has 108 valence electrons. The number of aromatic nitrogens is 2. The maximum atomic E-state index is 9.04. The van der Waals surface area contributed by atoms with Crippen LogP contribution in [0, 0.1) is 6.92 Å². The maximum Gasteiger partial charge on any atom is 0.110 e. The lowest BCUT2D eigenvalue weighted by Gasteiger charge is -2.17. The van der Waals surface area contributed by atoms with Crippen molar-refractivity contribution in [2.24, 2.45) is 0 Å². The quantitative estimate of drug-likeness (QED) is 0.814. The van der Waals surface area contributed by atoms with Crippen LogP contribution in [-0.2, 0) is 6.54 Å². The van der Waals surface area contributed by atoms with Crippen molar-refractivity contribution in [1.82, 2.24) is 14.9 Å². The molecule has 0 radical (unpaired) electrons. The van der Waals surface area contributed by atoms with Gasteiger partial charge in [0.2, 0.25) is 0 Å². The first-order chi connectivity index (χ1) is 9.76. The van der Waals surface area contributed by atoms with E-state index in [1.54, 1.807) is 0 Å². The summed E-state index contributed by atoms with van der Waals surface area (Å²) in [5.41, 5.74) is 2.28. The summed E-state index contributed by atoms with van der Waals surface area (Å²) < 4.78 is 2.17. The molecule has 1 unspecified atom stereocenters. The zero-order valence-electron chi connectivity index (χ0n) is 12.2. The lowest BCUT2D eigenvalue weighted by Crippen LogP contribution is -2.29. The van der Waals surface area contributed by atoms with Crippen LogP contribution in [0.15, 0.2) is 36.5 Å². The summed E-state index contributed by atoms with van der Waals surface area (Å²) in [5, 5.41) is 12.5. The Labute approximate surface area is 120 Å². The van der Waals surface area contributed by atoms with Crippen molar-refractivity contribution in [3.05, 3.63) is 48.0 Å². The predicted molar refractivity (Wildman–Crippen MR) is 80.9 cm³/mol. The van der Waals surface area contributed by atoms with Crippen molar-refractivity contribution in [3.8, 4) is 5.69 Å². The third-order valence-corrected chi connectivity index (χ3v) is 3.57. The molecule has 0 aliphatic carbocycles. The Hall–Kier alpha value is -1.65. The number of rotatable bonds is 7. The van der Waals surface area contributed by atoms with E-state index in [0.717, 1.165) is 36.6 Å². The first-order valence-corrected chi connectivity index (χ1v) is 7.19. The van der Waals surface area contributed by atoms with Gasteiger partial charge in [-0.05, 0) is 31.9 Å². The molecule has 0 fully saturated rings. The minimum absolute atomic E-state index is 0.225. The Balaban J connectivity index is 2.14. The van der Waals surface area contributed by atoms with Crippen molar-refractivity contribution >= 4 is 0 Å². The zero-order valence-corrected chi connectivity index (χ0v) is 12.2. The highest BCUT2D eigenvalue weighted by atomic mass is 16.3. The number of benzene rings is 1. The van der Waals surface area contributed by atoms with Gasteiger partial charge < -0.3 is 10.4 Å². The molecule has 0 saturated carbocycles. The van der Waals surface area contributed by atoms with Gasteiger partial charge >= 0.3 is 0 Å². The summed E-state index contributed by atoms with van der Waals surface area (Å²) in [7, 11) is 0. The number of aliphatic hydroxyl groups is 1. The summed E-state index contributed by atoms with van der Waals surface area (Å²) in [4.78, 5) is 4.42. The Morgan fingerprint density at radius 2 is 2.05 bits per heavy atom. The summed E-state index contributed by atoms with van der Waals surface area (Å²) >= 11 is 0. The van der Waals surface area contributed by atoms with Crippen LogP contribution in [0.3, 0.4) is 0 Å². The topological polar surface area (TPSA) is 50.1 Å². The number of aryl methyl sites for hydroxylation is 1. The molecule has 20 heavy (non-hydrogen) atoms. The van der Waals surface area contributed by atoms with Gasteiger partial charge in [0, 0.05) is 24.9 Å². The molecule has 4 heteroatoms. The van der Waals surface area contributed by atoms with E-state index < -0.39 is 0 Å². The molecular formula is C16H23N3O. The standard InChI is InChI=1S/C16H23N3O/c1-3-14(9-10-20)18-12-16-11-17-13(2)19(16)15-7-5-4-6-8-15/h4-8,11,14,18,20H,3,9-10,12H2,1-2H3. The van der Waals surface area contributed by atoms with Gasteiger partial charge in [0.05, 0.1) is 11.9 Å². The number of para-hydroxylation sites is 1. The highest BCUT2D eigenvalue weighted by molar-refractivity contribution is 5.35. The van der Waals surface area contributed by atoms with Crippen LogP contribution in [0.25, 0.3) is 5.69 Å². The monoisotopic (exact) mass is 273 g/mol. The van der Waals surface area contributed by atoms with Crippen LogP contribution in [0.1, 0.15) is 31.3 Å². The SMILES string of the molecule is CCC(CCO)NCc1cnc(C)n1-c1ccccc1. The molecule has 2 aromatic rings. The van der Waals surface area contributed by atoms with Gasteiger partial charge in [-0.2, -0.15) is 0 Å². The van der Waals surface area contributed by atoms with E-state index >= 15 is 0 Å². The third kappa shape index (κ3) is 3.46. The predicted octanol–water partition coefficient (Wildman–Crippen LogP) is 2.43. The van der Waals surface area contributed by atoms with Crippen LogP contribution in [-0.4, -0.2) is 27.3 Å². The summed E-state index contributed by atoms with van der Waals surface area (Å²) in [6.45, 7) is 5.13. The van der Waals surface area contributed by atoms with Gasteiger partial charge in [0.1, 0.15) is 5.82 Å². The number of nitrogens with zero attached hydrogens (tertiary/aromatic N) is 2. The number of hydrogen-bond donors (Lipinski definition) is 2. The van der Waals surface area contributed by atoms with Gasteiger partial charge in [0.25, 0.3) is 0 Å². The Bertz CT molecular complexity index is 522. The minimum Gasteiger partial charge on any atom is -0.396 e. The van der Waals surface area contributed by atoms with Crippen molar-refractivity contribution in [2.45, 2.75) is 39.3 Å². The molecule has 0 bridgehead atoms. The van der Waals surface area contributed by atoms with Gasteiger partial charge in [0.15, 0.2) is 0 Å². The van der Waals surface area contributed by atoms with E-state index in [0.29, 0.717) is 6.04 Å². The van der Waals surface area contributed by atoms with Crippen molar-refractivity contribution < 1.29 is 5.11 Å². The average molecular weight is 273 g/mol. The lowest BCUT2D eigenvalue weighted by atomic mass is 10.1. The fourth-order valence-electron chi connectivity index (χ4n) is 2.40. The summed E-state index contributed by atoms with van der Waals surface area (Å²) in [6, 6.07) is 10.6.